The molecule has 0 spiro atoms. The van der Waals surface area contributed by atoms with E-state index in [1.54, 1.807) is 0 Å². The molecule has 1 aliphatic carbocycles. The van der Waals surface area contributed by atoms with Crippen molar-refractivity contribution < 1.29 is 4.79 Å². The molecule has 0 atom stereocenters. The fourth-order valence-electron chi connectivity index (χ4n) is 2.48. The van der Waals surface area contributed by atoms with Crippen LogP contribution in [-0.2, 0) is 0 Å². The third kappa shape index (κ3) is 2.86. The third-order valence-corrected chi connectivity index (χ3v) is 3.54. The van der Waals surface area contributed by atoms with Crippen molar-refractivity contribution in [1.82, 2.24) is 15.1 Å². The summed E-state index contributed by atoms with van der Waals surface area (Å²) < 4.78 is 0. The van der Waals surface area contributed by atoms with E-state index in [0.29, 0.717) is 6.04 Å². The van der Waals surface area contributed by atoms with Gasteiger partial charge < -0.3 is 20.9 Å². The highest BCUT2D eigenvalue weighted by Crippen LogP contribution is 2.25. The molecular formula is C11H22N4O. The second-order valence-electron chi connectivity index (χ2n) is 5.08. The summed E-state index contributed by atoms with van der Waals surface area (Å²) in [6.45, 7) is 4.55. The van der Waals surface area contributed by atoms with E-state index < -0.39 is 0 Å². The van der Waals surface area contributed by atoms with E-state index in [4.69, 9.17) is 5.73 Å². The first-order valence-corrected chi connectivity index (χ1v) is 6.12. The first-order valence-electron chi connectivity index (χ1n) is 6.12. The van der Waals surface area contributed by atoms with Gasteiger partial charge in [0.2, 0.25) is 0 Å². The van der Waals surface area contributed by atoms with Crippen LogP contribution < -0.4 is 11.1 Å². The highest BCUT2D eigenvalue weighted by molar-refractivity contribution is 5.76. The van der Waals surface area contributed by atoms with Gasteiger partial charge in [-0.15, -0.1) is 0 Å². The van der Waals surface area contributed by atoms with Gasteiger partial charge in [0.25, 0.3) is 0 Å². The summed E-state index contributed by atoms with van der Waals surface area (Å²) in [7, 11) is 2.12. The minimum atomic E-state index is 0.0825. The van der Waals surface area contributed by atoms with Gasteiger partial charge in [-0.3, -0.25) is 0 Å². The van der Waals surface area contributed by atoms with Gasteiger partial charge in [-0.25, -0.2) is 4.79 Å². The fourth-order valence-corrected chi connectivity index (χ4v) is 2.48. The average molecular weight is 226 g/mol. The van der Waals surface area contributed by atoms with Crippen molar-refractivity contribution in [1.29, 1.82) is 0 Å². The number of amides is 2. The molecular weight excluding hydrogens is 204 g/mol. The molecule has 1 saturated carbocycles. The van der Waals surface area contributed by atoms with Crippen LogP contribution in [0, 0.1) is 5.92 Å². The zero-order valence-corrected chi connectivity index (χ0v) is 9.98. The van der Waals surface area contributed by atoms with E-state index in [-0.39, 0.29) is 6.03 Å². The topological polar surface area (TPSA) is 61.6 Å². The van der Waals surface area contributed by atoms with Crippen molar-refractivity contribution in [2.24, 2.45) is 11.7 Å². The van der Waals surface area contributed by atoms with Crippen molar-refractivity contribution in [3.63, 3.8) is 0 Å². The van der Waals surface area contributed by atoms with E-state index in [0.717, 1.165) is 51.5 Å². The molecule has 0 aromatic heterocycles. The molecule has 0 bridgehead atoms. The summed E-state index contributed by atoms with van der Waals surface area (Å²) >= 11 is 0. The van der Waals surface area contributed by atoms with Gasteiger partial charge in [-0.2, -0.15) is 0 Å². The van der Waals surface area contributed by atoms with Crippen molar-refractivity contribution in [2.45, 2.75) is 18.9 Å². The largest absolute Gasteiger partial charge is 0.336 e. The standard InChI is InChI=1S/C11H22N4O/c1-14(8-9-6-10(12)7-9)4-5-15-3-2-13-11(15)16/h9-10H,2-8,12H2,1H3,(H,13,16). The lowest BCUT2D eigenvalue weighted by molar-refractivity contribution is 0.169. The Morgan fingerprint density at radius 3 is 2.88 bits per heavy atom. The lowest BCUT2D eigenvalue weighted by Crippen LogP contribution is -2.43. The molecule has 0 radical (unpaired) electrons. The summed E-state index contributed by atoms with van der Waals surface area (Å²) in [5.74, 6) is 0.771. The maximum absolute atomic E-state index is 11.3. The minimum absolute atomic E-state index is 0.0825. The third-order valence-electron chi connectivity index (χ3n) is 3.54. The van der Waals surface area contributed by atoms with Crippen LogP contribution in [0.1, 0.15) is 12.8 Å². The Hall–Kier alpha value is -0.810. The van der Waals surface area contributed by atoms with Gasteiger partial charge >= 0.3 is 6.03 Å². The molecule has 2 fully saturated rings. The molecule has 16 heavy (non-hydrogen) atoms. The number of hydrogen-bond donors (Lipinski definition) is 2. The van der Waals surface area contributed by atoms with Gasteiger partial charge in [0.1, 0.15) is 0 Å². The van der Waals surface area contributed by atoms with Crippen LogP contribution in [0.4, 0.5) is 4.79 Å². The molecule has 1 heterocycles. The average Bonchev–Trinajstić information content (AvgIpc) is 2.59. The number of nitrogens with one attached hydrogen (secondary N) is 1. The second kappa shape index (κ2) is 5.01. The Morgan fingerprint density at radius 1 is 1.56 bits per heavy atom. The number of nitrogens with two attached hydrogens (primary N) is 1. The van der Waals surface area contributed by atoms with Crippen LogP contribution in [0.5, 0.6) is 0 Å². The highest BCUT2D eigenvalue weighted by Gasteiger charge is 2.27. The predicted octanol–water partition coefficient (Wildman–Crippen LogP) is -0.319. The number of rotatable bonds is 5. The number of hydrogen-bond acceptors (Lipinski definition) is 3. The first kappa shape index (κ1) is 11.7. The Bertz CT molecular complexity index is 252. The second-order valence-corrected chi connectivity index (χ2v) is 5.08. The molecule has 2 amide bonds. The Balaban J connectivity index is 1.60. The lowest BCUT2D eigenvalue weighted by Gasteiger charge is -2.35. The first-order chi connectivity index (χ1) is 7.65. The smallest absolute Gasteiger partial charge is 0.317 e. The Morgan fingerprint density at radius 2 is 2.31 bits per heavy atom. The maximum Gasteiger partial charge on any atom is 0.317 e. The van der Waals surface area contributed by atoms with Crippen LogP contribution in [0.15, 0.2) is 0 Å². The molecule has 1 aliphatic heterocycles. The number of nitrogens with zero attached hydrogens (tertiary/aromatic N) is 2. The predicted molar refractivity (Wildman–Crippen MR) is 63.2 cm³/mol. The Kier molecular flexibility index (Phi) is 3.66. The summed E-state index contributed by atoms with van der Waals surface area (Å²) in [4.78, 5) is 15.5. The van der Waals surface area contributed by atoms with E-state index >= 15 is 0 Å². The quantitative estimate of drug-likeness (QED) is 0.675. The number of likely N-dealkylation sites (N-methyl/N-ethyl adjacent to an activating group) is 1. The van der Waals surface area contributed by atoms with Crippen molar-refractivity contribution in [3.8, 4) is 0 Å². The zero-order valence-electron chi connectivity index (χ0n) is 9.98. The van der Waals surface area contributed by atoms with Crippen LogP contribution in [0.3, 0.4) is 0 Å². The highest BCUT2D eigenvalue weighted by atomic mass is 16.2. The maximum atomic E-state index is 11.3. The molecule has 5 heteroatoms. The lowest BCUT2D eigenvalue weighted by atomic mass is 9.81. The van der Waals surface area contributed by atoms with Gasteiger partial charge in [-0.05, 0) is 25.8 Å². The summed E-state index contributed by atoms with van der Waals surface area (Å²) in [6, 6.07) is 0.516. The molecule has 2 rings (SSSR count). The minimum Gasteiger partial charge on any atom is -0.336 e. The summed E-state index contributed by atoms with van der Waals surface area (Å²) in [5, 5.41) is 2.81. The fraction of sp³-hybridized carbons (Fsp3) is 0.909. The molecule has 0 aromatic carbocycles. The number of urea groups is 1. The molecule has 2 aliphatic rings. The molecule has 5 nitrogen and oxygen atoms in total. The van der Waals surface area contributed by atoms with E-state index in [2.05, 4.69) is 17.3 Å². The van der Waals surface area contributed by atoms with Crippen molar-refractivity contribution >= 4 is 6.03 Å². The molecule has 3 N–H and O–H groups in total. The van der Waals surface area contributed by atoms with Gasteiger partial charge in [0.05, 0.1) is 0 Å². The van der Waals surface area contributed by atoms with Crippen LogP contribution in [-0.4, -0.2) is 61.6 Å². The zero-order chi connectivity index (χ0) is 11.5. The monoisotopic (exact) mass is 226 g/mol. The summed E-state index contributed by atoms with van der Waals surface area (Å²) in [6.07, 6.45) is 2.32. The van der Waals surface area contributed by atoms with Crippen LogP contribution >= 0.6 is 0 Å². The van der Waals surface area contributed by atoms with Gasteiger partial charge in [0.15, 0.2) is 0 Å². The van der Waals surface area contributed by atoms with Crippen molar-refractivity contribution in [3.05, 3.63) is 0 Å². The number of carbonyl (C=O) groups excluding carboxylic acids is 1. The SMILES string of the molecule is CN(CCN1CCNC1=O)CC1CC(N)C1. The van der Waals surface area contributed by atoms with Crippen molar-refractivity contribution in [2.75, 3.05) is 39.8 Å². The molecule has 0 aromatic rings. The molecule has 0 unspecified atom stereocenters. The van der Waals surface area contributed by atoms with Crippen LogP contribution in [0.2, 0.25) is 0 Å². The number of carbonyl (C=O) groups is 1. The summed E-state index contributed by atoms with van der Waals surface area (Å²) in [5.41, 5.74) is 5.76. The van der Waals surface area contributed by atoms with E-state index in [1.807, 2.05) is 4.90 Å². The Labute approximate surface area is 96.9 Å². The molecule has 1 saturated heterocycles. The van der Waals surface area contributed by atoms with E-state index in [9.17, 15) is 4.79 Å². The van der Waals surface area contributed by atoms with E-state index in [1.165, 1.54) is 0 Å². The van der Waals surface area contributed by atoms with Crippen LogP contribution in [0.25, 0.3) is 0 Å². The van der Waals surface area contributed by atoms with Gasteiger partial charge in [0, 0.05) is 38.8 Å². The normalized spacial score (nSPS) is 29.4. The van der Waals surface area contributed by atoms with Gasteiger partial charge in [-0.1, -0.05) is 0 Å². The molecule has 92 valence electrons.